The largest absolute Gasteiger partial charge is 0.505 e. The van der Waals surface area contributed by atoms with E-state index in [2.05, 4.69) is 0 Å². The highest BCUT2D eigenvalue weighted by atomic mass is 16.4. The predicted octanol–water partition coefficient (Wildman–Crippen LogP) is -0.497. The third-order valence-electron chi connectivity index (χ3n) is 2.02. The third kappa shape index (κ3) is 1.19. The fraction of sp³-hybridized carbons (Fsp3) is 0.429. The average Bonchev–Trinajstić information content (AvgIpc) is 2.68. The van der Waals surface area contributed by atoms with Gasteiger partial charge in [-0.25, -0.2) is 0 Å². The summed E-state index contributed by atoms with van der Waals surface area (Å²) in [6, 6.07) is 4.10. The normalized spacial score (nSPS) is 16.9. The maximum Gasteiger partial charge on any atom is 0.505 e. The summed E-state index contributed by atoms with van der Waals surface area (Å²) in [7, 11) is -1.33. The summed E-state index contributed by atoms with van der Waals surface area (Å²) in [4.78, 5) is 0. The van der Waals surface area contributed by atoms with Crippen LogP contribution in [0.15, 0.2) is 18.3 Å². The van der Waals surface area contributed by atoms with Gasteiger partial charge in [0.05, 0.1) is 0 Å². The van der Waals surface area contributed by atoms with E-state index < -0.39 is 7.12 Å². The van der Waals surface area contributed by atoms with E-state index in [1.165, 1.54) is 0 Å². The predicted molar refractivity (Wildman–Crippen MR) is 42.5 cm³/mol. The Morgan fingerprint density at radius 3 is 2.73 bits per heavy atom. The van der Waals surface area contributed by atoms with E-state index in [0.717, 1.165) is 12.8 Å². The maximum absolute atomic E-state index is 8.90. The van der Waals surface area contributed by atoms with Gasteiger partial charge >= 0.3 is 7.12 Å². The Balaban J connectivity index is 2.30. The molecule has 0 unspecified atom stereocenters. The molecule has 0 saturated heterocycles. The maximum atomic E-state index is 8.90. The van der Waals surface area contributed by atoms with E-state index in [-0.39, 0.29) is 0 Å². The molecule has 4 heteroatoms. The molecule has 0 bridgehead atoms. The number of rotatable bonds is 2. The van der Waals surface area contributed by atoms with Crippen LogP contribution in [0, 0.1) is 0 Å². The number of nitrogens with zero attached hydrogens (tertiary/aromatic N) is 1. The topological polar surface area (TPSA) is 45.4 Å². The van der Waals surface area contributed by atoms with Crippen molar-refractivity contribution >= 4 is 12.7 Å². The van der Waals surface area contributed by atoms with Gasteiger partial charge in [0, 0.05) is 17.8 Å². The Bertz CT molecular complexity index is 238. The molecular formula is C7H10BNO2. The second-order valence-electron chi connectivity index (χ2n) is 2.95. The van der Waals surface area contributed by atoms with Gasteiger partial charge in [-0.1, -0.05) is 0 Å². The fourth-order valence-corrected chi connectivity index (χ4v) is 1.31. The minimum Gasteiger partial charge on any atom is -0.422 e. The highest BCUT2D eigenvalue weighted by molar-refractivity contribution is 6.57. The van der Waals surface area contributed by atoms with Gasteiger partial charge < -0.3 is 14.6 Å². The van der Waals surface area contributed by atoms with Crippen LogP contribution >= 0.6 is 0 Å². The summed E-state index contributed by atoms with van der Waals surface area (Å²) in [6.07, 6.45) is 4.22. The lowest BCUT2D eigenvalue weighted by Crippen LogP contribution is -2.35. The van der Waals surface area contributed by atoms with Gasteiger partial charge in [0.1, 0.15) is 0 Å². The Morgan fingerprint density at radius 1 is 1.45 bits per heavy atom. The second-order valence-corrected chi connectivity index (χ2v) is 2.95. The van der Waals surface area contributed by atoms with E-state index in [9.17, 15) is 0 Å². The minimum atomic E-state index is -1.33. The molecule has 11 heavy (non-hydrogen) atoms. The first-order chi connectivity index (χ1) is 5.29. The summed E-state index contributed by atoms with van der Waals surface area (Å²) in [5.74, 6) is 0. The van der Waals surface area contributed by atoms with Crippen LogP contribution in [0.4, 0.5) is 0 Å². The van der Waals surface area contributed by atoms with Gasteiger partial charge in [-0.05, 0) is 25.0 Å². The van der Waals surface area contributed by atoms with Crippen molar-refractivity contribution in [1.29, 1.82) is 0 Å². The molecule has 2 rings (SSSR count). The molecule has 0 aromatic carbocycles. The number of hydrogen-bond donors (Lipinski definition) is 2. The van der Waals surface area contributed by atoms with Crippen molar-refractivity contribution in [2.75, 3.05) is 0 Å². The lowest BCUT2D eigenvalue weighted by molar-refractivity contribution is 0.421. The van der Waals surface area contributed by atoms with Crippen LogP contribution in [0.25, 0.3) is 0 Å². The van der Waals surface area contributed by atoms with Gasteiger partial charge in [-0.3, -0.25) is 0 Å². The van der Waals surface area contributed by atoms with Crippen molar-refractivity contribution < 1.29 is 10.0 Å². The zero-order chi connectivity index (χ0) is 7.84. The molecule has 1 aromatic heterocycles. The first kappa shape index (κ1) is 6.94. The Hall–Kier alpha value is -0.735. The summed E-state index contributed by atoms with van der Waals surface area (Å²) < 4.78 is 1.94. The lowest BCUT2D eigenvalue weighted by Gasteiger charge is -2.05. The van der Waals surface area contributed by atoms with Crippen molar-refractivity contribution in [3.05, 3.63) is 18.3 Å². The zero-order valence-corrected chi connectivity index (χ0v) is 6.14. The zero-order valence-electron chi connectivity index (χ0n) is 6.14. The molecule has 1 heterocycles. The SMILES string of the molecule is OB(O)c1cccn1C1CC1. The molecule has 1 aliphatic carbocycles. The van der Waals surface area contributed by atoms with Crippen molar-refractivity contribution in [2.45, 2.75) is 18.9 Å². The molecular weight excluding hydrogens is 141 g/mol. The fourth-order valence-electron chi connectivity index (χ4n) is 1.31. The highest BCUT2D eigenvalue weighted by Crippen LogP contribution is 2.33. The minimum absolute atomic E-state index is 0.516. The Kier molecular flexibility index (Phi) is 1.51. The van der Waals surface area contributed by atoms with Crippen LogP contribution in [-0.4, -0.2) is 21.7 Å². The molecule has 2 N–H and O–H groups in total. The molecule has 0 amide bonds. The lowest BCUT2D eigenvalue weighted by atomic mass is 9.86. The Morgan fingerprint density at radius 2 is 2.18 bits per heavy atom. The molecule has 0 spiro atoms. The van der Waals surface area contributed by atoms with Crippen molar-refractivity contribution in [3.63, 3.8) is 0 Å². The monoisotopic (exact) mass is 151 g/mol. The summed E-state index contributed by atoms with van der Waals surface area (Å²) in [6.45, 7) is 0. The van der Waals surface area contributed by atoms with Crippen LogP contribution in [0.5, 0.6) is 0 Å². The standard InChI is InChI=1S/C7H10BNO2/c10-8(11)7-2-1-5-9(7)6-3-4-6/h1-2,5-6,10-11H,3-4H2. The molecule has 1 aliphatic rings. The van der Waals surface area contributed by atoms with E-state index in [1.807, 2.05) is 16.8 Å². The van der Waals surface area contributed by atoms with Crippen LogP contribution in [-0.2, 0) is 0 Å². The quantitative estimate of drug-likeness (QED) is 0.559. The summed E-state index contributed by atoms with van der Waals surface area (Å²) in [5, 5.41) is 17.8. The van der Waals surface area contributed by atoms with E-state index in [1.54, 1.807) is 6.07 Å². The van der Waals surface area contributed by atoms with Gasteiger partial charge in [-0.2, -0.15) is 0 Å². The van der Waals surface area contributed by atoms with Crippen LogP contribution in [0.2, 0.25) is 0 Å². The smallest absolute Gasteiger partial charge is 0.422 e. The van der Waals surface area contributed by atoms with Gasteiger partial charge in [0.25, 0.3) is 0 Å². The average molecular weight is 151 g/mol. The van der Waals surface area contributed by atoms with Gasteiger partial charge in [0.15, 0.2) is 0 Å². The molecule has 3 nitrogen and oxygen atoms in total. The molecule has 0 atom stereocenters. The van der Waals surface area contributed by atoms with Crippen LogP contribution < -0.4 is 5.59 Å². The Labute approximate surface area is 65.4 Å². The van der Waals surface area contributed by atoms with Crippen molar-refractivity contribution in [2.24, 2.45) is 0 Å². The third-order valence-corrected chi connectivity index (χ3v) is 2.02. The van der Waals surface area contributed by atoms with Crippen LogP contribution in [0.3, 0.4) is 0 Å². The van der Waals surface area contributed by atoms with Gasteiger partial charge in [-0.15, -0.1) is 0 Å². The highest BCUT2D eigenvalue weighted by Gasteiger charge is 2.27. The first-order valence-electron chi connectivity index (χ1n) is 3.82. The molecule has 1 aromatic rings. The summed E-state index contributed by atoms with van der Waals surface area (Å²) in [5.41, 5.74) is 0.604. The molecule has 1 fully saturated rings. The molecule has 58 valence electrons. The van der Waals surface area contributed by atoms with Gasteiger partial charge in [0.2, 0.25) is 0 Å². The number of hydrogen-bond acceptors (Lipinski definition) is 2. The molecule has 0 radical (unpaired) electrons. The van der Waals surface area contributed by atoms with Crippen molar-refractivity contribution in [1.82, 2.24) is 4.57 Å². The second kappa shape index (κ2) is 2.39. The first-order valence-corrected chi connectivity index (χ1v) is 3.82. The van der Waals surface area contributed by atoms with E-state index >= 15 is 0 Å². The molecule has 0 aliphatic heterocycles. The van der Waals surface area contributed by atoms with Crippen LogP contribution in [0.1, 0.15) is 18.9 Å². The molecule has 1 saturated carbocycles. The summed E-state index contributed by atoms with van der Waals surface area (Å²) >= 11 is 0. The number of aromatic nitrogens is 1. The van der Waals surface area contributed by atoms with E-state index in [4.69, 9.17) is 10.0 Å². The van der Waals surface area contributed by atoms with Crippen molar-refractivity contribution in [3.8, 4) is 0 Å². The van der Waals surface area contributed by atoms with E-state index in [0.29, 0.717) is 11.6 Å².